The molecule has 1 saturated heterocycles. The van der Waals surface area contributed by atoms with Gasteiger partial charge in [-0.1, -0.05) is 6.07 Å². The molecule has 2 rings (SSSR count). The van der Waals surface area contributed by atoms with Gasteiger partial charge in [-0.3, -0.25) is 4.79 Å². The van der Waals surface area contributed by atoms with Crippen LogP contribution in [0.4, 0.5) is 5.69 Å². The summed E-state index contributed by atoms with van der Waals surface area (Å²) in [5.74, 6) is -0.109. The zero-order valence-corrected chi connectivity index (χ0v) is 15.9. The molecule has 1 aliphatic rings. The predicted molar refractivity (Wildman–Crippen MR) is 98.0 cm³/mol. The Kier molecular flexibility index (Phi) is 7.22. The lowest BCUT2D eigenvalue weighted by Gasteiger charge is -2.20. The summed E-state index contributed by atoms with van der Waals surface area (Å²) in [7, 11) is -3.61. The van der Waals surface area contributed by atoms with Crippen molar-refractivity contribution in [3.63, 3.8) is 0 Å². The summed E-state index contributed by atoms with van der Waals surface area (Å²) in [5.41, 5.74) is -0.0727. The van der Waals surface area contributed by atoms with Crippen LogP contribution in [0.5, 0.6) is 0 Å². The van der Waals surface area contributed by atoms with E-state index < -0.39 is 15.6 Å². The molecule has 0 saturated carbocycles. The molecule has 1 aliphatic heterocycles. The smallest absolute Gasteiger partial charge is 0.241 e. The molecular formula is C16H26ClN3O3S. The summed E-state index contributed by atoms with van der Waals surface area (Å²) in [4.78, 5) is 12.2. The standard InChI is InChI=1S/C16H25N3O3S.ClH/c1-16(2,3)19-23(21,22)14-8-4-6-13(10-14)18-15(20)11-12-7-5-9-17-12;/h4,6,8,10,12,17,19H,5,7,9,11H2,1-3H3,(H,18,20);1H. The molecule has 0 radical (unpaired) electrons. The summed E-state index contributed by atoms with van der Waals surface area (Å²) < 4.78 is 27.3. The van der Waals surface area contributed by atoms with Crippen molar-refractivity contribution in [1.82, 2.24) is 10.0 Å². The zero-order valence-electron chi connectivity index (χ0n) is 14.3. The molecule has 24 heavy (non-hydrogen) atoms. The van der Waals surface area contributed by atoms with Crippen molar-refractivity contribution in [2.45, 2.75) is 56.5 Å². The highest BCUT2D eigenvalue weighted by Crippen LogP contribution is 2.18. The van der Waals surface area contributed by atoms with Gasteiger partial charge in [0.25, 0.3) is 0 Å². The highest BCUT2D eigenvalue weighted by atomic mass is 35.5. The maximum Gasteiger partial charge on any atom is 0.241 e. The molecule has 0 aliphatic carbocycles. The number of nitrogens with one attached hydrogen (secondary N) is 3. The van der Waals surface area contributed by atoms with Crippen molar-refractivity contribution in [2.24, 2.45) is 0 Å². The molecule has 1 amide bonds. The van der Waals surface area contributed by atoms with E-state index in [0.29, 0.717) is 12.1 Å². The van der Waals surface area contributed by atoms with E-state index in [1.54, 1.807) is 32.9 Å². The Balaban J connectivity index is 0.00000288. The normalized spacial score (nSPS) is 18.0. The number of anilines is 1. The van der Waals surface area contributed by atoms with Crippen LogP contribution in [0.2, 0.25) is 0 Å². The van der Waals surface area contributed by atoms with Gasteiger partial charge < -0.3 is 10.6 Å². The monoisotopic (exact) mass is 375 g/mol. The molecule has 3 N–H and O–H groups in total. The Morgan fingerprint density at radius 3 is 2.62 bits per heavy atom. The minimum absolute atomic E-state index is 0. The Hall–Kier alpha value is -1.15. The predicted octanol–water partition coefficient (Wildman–Crippen LogP) is 2.27. The van der Waals surface area contributed by atoms with E-state index in [9.17, 15) is 13.2 Å². The molecule has 8 heteroatoms. The number of rotatable bonds is 5. The lowest BCUT2D eigenvalue weighted by atomic mass is 10.1. The minimum Gasteiger partial charge on any atom is -0.326 e. The van der Waals surface area contributed by atoms with Gasteiger partial charge in [0.15, 0.2) is 0 Å². The molecule has 0 bridgehead atoms. The number of hydrogen-bond donors (Lipinski definition) is 3. The van der Waals surface area contributed by atoms with Crippen LogP contribution in [0, 0.1) is 0 Å². The number of halogens is 1. The first-order chi connectivity index (χ1) is 10.7. The maximum atomic E-state index is 12.3. The van der Waals surface area contributed by atoms with E-state index in [-0.39, 0.29) is 29.3 Å². The Morgan fingerprint density at radius 2 is 2.04 bits per heavy atom. The van der Waals surface area contributed by atoms with Crippen molar-refractivity contribution >= 4 is 34.0 Å². The third-order valence-electron chi connectivity index (χ3n) is 3.46. The molecule has 0 aromatic heterocycles. The molecule has 1 aromatic rings. The van der Waals surface area contributed by atoms with Gasteiger partial charge in [-0.25, -0.2) is 13.1 Å². The number of sulfonamides is 1. The number of carbonyl (C=O) groups is 1. The average Bonchev–Trinajstić information content (AvgIpc) is 2.89. The van der Waals surface area contributed by atoms with Gasteiger partial charge in [0.05, 0.1) is 4.90 Å². The first-order valence-corrected chi connectivity index (χ1v) is 9.31. The van der Waals surface area contributed by atoms with Gasteiger partial charge >= 0.3 is 0 Å². The fraction of sp³-hybridized carbons (Fsp3) is 0.562. The van der Waals surface area contributed by atoms with Crippen LogP contribution in [0.3, 0.4) is 0 Å². The Labute approximate surface area is 150 Å². The summed E-state index contributed by atoms with van der Waals surface area (Å²) in [6.07, 6.45) is 2.48. The zero-order chi connectivity index (χ0) is 17.1. The molecule has 1 fully saturated rings. The highest BCUT2D eigenvalue weighted by molar-refractivity contribution is 7.89. The van der Waals surface area contributed by atoms with Gasteiger partial charge in [-0.2, -0.15) is 0 Å². The van der Waals surface area contributed by atoms with Gasteiger partial charge in [-0.15, -0.1) is 12.4 Å². The van der Waals surface area contributed by atoms with Gasteiger partial charge in [0, 0.05) is 23.7 Å². The highest BCUT2D eigenvalue weighted by Gasteiger charge is 2.22. The first kappa shape index (κ1) is 20.9. The Bertz CT molecular complexity index is 665. The van der Waals surface area contributed by atoms with Crippen LogP contribution in [-0.2, 0) is 14.8 Å². The van der Waals surface area contributed by atoms with E-state index in [4.69, 9.17) is 0 Å². The number of benzene rings is 1. The average molecular weight is 376 g/mol. The van der Waals surface area contributed by atoms with Crippen molar-refractivity contribution in [1.29, 1.82) is 0 Å². The van der Waals surface area contributed by atoms with E-state index in [1.165, 1.54) is 12.1 Å². The largest absolute Gasteiger partial charge is 0.326 e. The topological polar surface area (TPSA) is 87.3 Å². The Morgan fingerprint density at radius 1 is 1.33 bits per heavy atom. The second kappa shape index (κ2) is 8.29. The quantitative estimate of drug-likeness (QED) is 0.736. The van der Waals surface area contributed by atoms with Crippen LogP contribution in [-0.4, -0.2) is 32.5 Å². The second-order valence-electron chi connectivity index (χ2n) is 6.93. The van der Waals surface area contributed by atoms with E-state index in [2.05, 4.69) is 15.4 Å². The summed E-state index contributed by atoms with van der Waals surface area (Å²) in [6.45, 7) is 6.30. The minimum atomic E-state index is -3.61. The summed E-state index contributed by atoms with van der Waals surface area (Å²) in [5, 5.41) is 6.04. The summed E-state index contributed by atoms with van der Waals surface area (Å²) in [6, 6.07) is 6.53. The van der Waals surface area contributed by atoms with Gasteiger partial charge in [-0.05, 0) is 58.4 Å². The van der Waals surface area contributed by atoms with E-state index >= 15 is 0 Å². The first-order valence-electron chi connectivity index (χ1n) is 7.83. The third kappa shape index (κ3) is 6.39. The molecular weight excluding hydrogens is 350 g/mol. The van der Waals surface area contributed by atoms with E-state index in [1.807, 2.05) is 0 Å². The fourth-order valence-electron chi connectivity index (χ4n) is 2.57. The SMILES string of the molecule is CC(C)(C)NS(=O)(=O)c1cccc(NC(=O)CC2CCCN2)c1.Cl. The van der Waals surface area contributed by atoms with Crippen molar-refractivity contribution in [3.8, 4) is 0 Å². The number of carbonyl (C=O) groups excluding carboxylic acids is 1. The lowest BCUT2D eigenvalue weighted by molar-refractivity contribution is -0.116. The van der Waals surface area contributed by atoms with Crippen LogP contribution in [0.25, 0.3) is 0 Å². The summed E-state index contributed by atoms with van der Waals surface area (Å²) >= 11 is 0. The van der Waals surface area contributed by atoms with Crippen molar-refractivity contribution in [3.05, 3.63) is 24.3 Å². The fourth-order valence-corrected chi connectivity index (χ4v) is 4.03. The molecule has 1 atom stereocenters. The van der Waals surface area contributed by atoms with Crippen LogP contribution in [0.1, 0.15) is 40.0 Å². The molecule has 1 heterocycles. The van der Waals surface area contributed by atoms with Gasteiger partial charge in [0.2, 0.25) is 15.9 Å². The van der Waals surface area contributed by atoms with E-state index in [0.717, 1.165) is 19.4 Å². The number of amides is 1. The van der Waals surface area contributed by atoms with Crippen LogP contribution in [0.15, 0.2) is 29.2 Å². The molecule has 1 aromatic carbocycles. The van der Waals surface area contributed by atoms with Crippen LogP contribution >= 0.6 is 12.4 Å². The lowest BCUT2D eigenvalue weighted by Crippen LogP contribution is -2.40. The van der Waals surface area contributed by atoms with Crippen molar-refractivity contribution < 1.29 is 13.2 Å². The van der Waals surface area contributed by atoms with Crippen LogP contribution < -0.4 is 15.4 Å². The van der Waals surface area contributed by atoms with Crippen molar-refractivity contribution in [2.75, 3.05) is 11.9 Å². The maximum absolute atomic E-state index is 12.3. The number of hydrogen-bond acceptors (Lipinski definition) is 4. The molecule has 0 spiro atoms. The third-order valence-corrected chi connectivity index (χ3v) is 5.22. The second-order valence-corrected chi connectivity index (χ2v) is 8.61. The molecule has 136 valence electrons. The molecule has 6 nitrogen and oxygen atoms in total. The molecule has 1 unspecified atom stereocenters. The van der Waals surface area contributed by atoms with Gasteiger partial charge in [0.1, 0.15) is 0 Å².